The molecule has 3 rings (SSSR count). The van der Waals surface area contributed by atoms with Crippen LogP contribution < -0.4 is 10.6 Å². The third kappa shape index (κ3) is 4.80. The summed E-state index contributed by atoms with van der Waals surface area (Å²) in [6.07, 6.45) is 2.33. The van der Waals surface area contributed by atoms with Crippen molar-refractivity contribution >= 4 is 29.1 Å². The Hall–Kier alpha value is -2.92. The van der Waals surface area contributed by atoms with E-state index in [1.54, 1.807) is 18.3 Å². The molecule has 26 heavy (non-hydrogen) atoms. The van der Waals surface area contributed by atoms with Crippen LogP contribution in [0.1, 0.15) is 21.6 Å². The Bertz CT molecular complexity index is 899. The zero-order valence-electron chi connectivity index (χ0n) is 14.4. The molecule has 0 aliphatic rings. The van der Waals surface area contributed by atoms with Gasteiger partial charge in [0.1, 0.15) is 5.69 Å². The molecule has 0 atom stereocenters. The third-order valence-electron chi connectivity index (χ3n) is 3.88. The van der Waals surface area contributed by atoms with Crippen LogP contribution in [0.2, 0.25) is 5.02 Å². The van der Waals surface area contributed by atoms with E-state index in [9.17, 15) is 4.79 Å². The average molecular weight is 367 g/mol. The van der Waals surface area contributed by atoms with Crippen LogP contribution in [0, 0.1) is 6.92 Å². The second kappa shape index (κ2) is 8.45. The lowest BCUT2D eigenvalue weighted by Gasteiger charge is -2.10. The molecular formula is C20H19ClN4O. The molecule has 0 radical (unpaired) electrons. The first-order valence-corrected chi connectivity index (χ1v) is 8.68. The molecule has 1 aromatic heterocycles. The molecule has 1 heterocycles. The Kier molecular flexibility index (Phi) is 5.81. The molecule has 0 saturated heterocycles. The van der Waals surface area contributed by atoms with Gasteiger partial charge in [-0.2, -0.15) is 0 Å². The Morgan fingerprint density at radius 1 is 1.12 bits per heavy atom. The lowest BCUT2D eigenvalue weighted by molar-refractivity contribution is 0.0949. The van der Waals surface area contributed by atoms with E-state index in [4.69, 9.17) is 11.6 Å². The summed E-state index contributed by atoms with van der Waals surface area (Å²) in [4.78, 5) is 20.8. The molecule has 0 spiro atoms. The van der Waals surface area contributed by atoms with Crippen molar-refractivity contribution in [3.8, 4) is 0 Å². The monoisotopic (exact) mass is 366 g/mol. The number of rotatable bonds is 6. The zero-order valence-corrected chi connectivity index (χ0v) is 15.1. The van der Waals surface area contributed by atoms with Gasteiger partial charge in [0.15, 0.2) is 0 Å². The quantitative estimate of drug-likeness (QED) is 0.687. The highest BCUT2D eigenvalue weighted by Crippen LogP contribution is 2.22. The minimum Gasteiger partial charge on any atom is -0.350 e. The summed E-state index contributed by atoms with van der Waals surface area (Å²) < 4.78 is 0. The van der Waals surface area contributed by atoms with Crippen LogP contribution in [-0.4, -0.2) is 22.4 Å². The molecule has 132 valence electrons. The molecule has 0 saturated carbocycles. The Morgan fingerprint density at radius 2 is 1.92 bits per heavy atom. The highest BCUT2D eigenvalue weighted by atomic mass is 35.5. The van der Waals surface area contributed by atoms with Gasteiger partial charge in [-0.15, -0.1) is 0 Å². The van der Waals surface area contributed by atoms with Crippen molar-refractivity contribution in [2.75, 3.05) is 11.9 Å². The average Bonchev–Trinajstić information content (AvgIpc) is 2.66. The van der Waals surface area contributed by atoms with Crippen LogP contribution in [0.4, 0.5) is 11.6 Å². The number of nitrogens with zero attached hydrogens (tertiary/aromatic N) is 2. The third-order valence-corrected chi connectivity index (χ3v) is 4.11. The topological polar surface area (TPSA) is 66.9 Å². The molecule has 3 aromatic rings. The van der Waals surface area contributed by atoms with Gasteiger partial charge in [0.25, 0.3) is 5.91 Å². The van der Waals surface area contributed by atoms with Crippen LogP contribution in [0.25, 0.3) is 0 Å². The van der Waals surface area contributed by atoms with Crippen molar-refractivity contribution in [3.05, 3.63) is 82.6 Å². The molecule has 0 aliphatic carbocycles. The number of carbonyl (C=O) groups is 1. The first kappa shape index (κ1) is 17.9. The zero-order chi connectivity index (χ0) is 18.4. The van der Waals surface area contributed by atoms with Crippen LogP contribution >= 0.6 is 11.6 Å². The molecule has 0 aliphatic heterocycles. The van der Waals surface area contributed by atoms with Crippen LogP contribution in [0.5, 0.6) is 0 Å². The van der Waals surface area contributed by atoms with Gasteiger partial charge in [0, 0.05) is 23.5 Å². The molecule has 0 unspecified atom stereocenters. The van der Waals surface area contributed by atoms with Gasteiger partial charge in [-0.1, -0.05) is 48.0 Å². The maximum Gasteiger partial charge on any atom is 0.270 e. The first-order valence-electron chi connectivity index (χ1n) is 8.30. The predicted molar refractivity (Wildman–Crippen MR) is 104 cm³/mol. The molecular weight excluding hydrogens is 348 g/mol. The minimum atomic E-state index is -0.228. The molecule has 0 bridgehead atoms. The number of nitrogens with one attached hydrogen (secondary N) is 2. The van der Waals surface area contributed by atoms with Crippen molar-refractivity contribution < 1.29 is 4.79 Å². The van der Waals surface area contributed by atoms with Crippen molar-refractivity contribution in [2.24, 2.45) is 0 Å². The van der Waals surface area contributed by atoms with E-state index in [0.29, 0.717) is 23.2 Å². The van der Waals surface area contributed by atoms with E-state index in [-0.39, 0.29) is 5.91 Å². The van der Waals surface area contributed by atoms with Gasteiger partial charge < -0.3 is 10.6 Å². The number of benzene rings is 2. The number of hydrogen-bond acceptors (Lipinski definition) is 4. The summed E-state index contributed by atoms with van der Waals surface area (Å²) in [7, 11) is 0. The number of halogens is 1. The van der Waals surface area contributed by atoms with Gasteiger partial charge >= 0.3 is 0 Å². The number of hydrogen-bond donors (Lipinski definition) is 2. The first-order chi connectivity index (χ1) is 12.6. The normalized spacial score (nSPS) is 10.4. The van der Waals surface area contributed by atoms with Crippen molar-refractivity contribution in [1.82, 2.24) is 15.3 Å². The van der Waals surface area contributed by atoms with Crippen LogP contribution in [-0.2, 0) is 6.42 Å². The maximum absolute atomic E-state index is 12.3. The van der Waals surface area contributed by atoms with Gasteiger partial charge in [-0.3, -0.25) is 4.79 Å². The molecule has 2 N–H and O–H groups in total. The second-order valence-electron chi connectivity index (χ2n) is 5.84. The van der Waals surface area contributed by atoms with Crippen molar-refractivity contribution in [2.45, 2.75) is 13.3 Å². The number of anilines is 2. The largest absolute Gasteiger partial charge is 0.350 e. The van der Waals surface area contributed by atoms with Gasteiger partial charge in [0.05, 0.1) is 0 Å². The van der Waals surface area contributed by atoms with Crippen LogP contribution in [0.3, 0.4) is 0 Å². The van der Waals surface area contributed by atoms with E-state index >= 15 is 0 Å². The Labute approximate surface area is 157 Å². The predicted octanol–water partition coefficient (Wildman–Crippen LogP) is 4.15. The molecule has 6 heteroatoms. The van der Waals surface area contributed by atoms with E-state index < -0.39 is 0 Å². The van der Waals surface area contributed by atoms with Crippen LogP contribution in [0.15, 0.2) is 60.8 Å². The summed E-state index contributed by atoms with van der Waals surface area (Å²) >= 11 is 6.03. The van der Waals surface area contributed by atoms with Gasteiger partial charge in [-0.25, -0.2) is 9.97 Å². The number of aryl methyl sites for hydroxylation is 1. The summed E-state index contributed by atoms with van der Waals surface area (Å²) in [5, 5.41) is 6.60. The van der Waals surface area contributed by atoms with Crippen molar-refractivity contribution in [1.29, 1.82) is 0 Å². The SMILES string of the molecule is Cc1ccc(Cl)cc1Nc1nccc(C(=O)NCCc2ccccc2)n1. The standard InChI is InChI=1S/C20H19ClN4O/c1-14-7-8-16(21)13-18(14)25-20-23-12-10-17(24-20)19(26)22-11-9-15-5-3-2-4-6-15/h2-8,10,12-13H,9,11H2,1H3,(H,22,26)(H,23,24,25). The smallest absolute Gasteiger partial charge is 0.270 e. The molecule has 0 fully saturated rings. The highest BCUT2D eigenvalue weighted by Gasteiger charge is 2.09. The second-order valence-corrected chi connectivity index (χ2v) is 6.28. The fourth-order valence-corrected chi connectivity index (χ4v) is 2.62. The lowest BCUT2D eigenvalue weighted by Crippen LogP contribution is -2.26. The van der Waals surface area contributed by atoms with E-state index in [2.05, 4.69) is 20.6 Å². The van der Waals surface area contributed by atoms with E-state index in [0.717, 1.165) is 17.7 Å². The summed E-state index contributed by atoms with van der Waals surface area (Å²) in [6, 6.07) is 17.1. The molecule has 1 amide bonds. The fourth-order valence-electron chi connectivity index (χ4n) is 2.45. The fraction of sp³-hybridized carbons (Fsp3) is 0.150. The maximum atomic E-state index is 12.3. The van der Waals surface area contributed by atoms with Gasteiger partial charge in [-0.05, 0) is 42.7 Å². The van der Waals surface area contributed by atoms with E-state index in [1.165, 1.54) is 5.56 Å². The number of aromatic nitrogens is 2. The number of amides is 1. The van der Waals surface area contributed by atoms with Gasteiger partial charge in [0.2, 0.25) is 5.95 Å². The van der Waals surface area contributed by atoms with E-state index in [1.807, 2.05) is 49.4 Å². The Balaban J connectivity index is 1.63. The minimum absolute atomic E-state index is 0.228. The summed E-state index contributed by atoms with van der Waals surface area (Å²) in [6.45, 7) is 2.50. The summed E-state index contributed by atoms with van der Waals surface area (Å²) in [5.74, 6) is 0.125. The number of carbonyl (C=O) groups excluding carboxylic acids is 1. The van der Waals surface area contributed by atoms with Crippen molar-refractivity contribution in [3.63, 3.8) is 0 Å². The molecule has 2 aromatic carbocycles. The Morgan fingerprint density at radius 3 is 2.73 bits per heavy atom. The lowest BCUT2D eigenvalue weighted by atomic mass is 10.1. The molecule has 5 nitrogen and oxygen atoms in total. The summed E-state index contributed by atoms with van der Waals surface area (Å²) in [5.41, 5.74) is 3.30. The highest BCUT2D eigenvalue weighted by molar-refractivity contribution is 6.30.